The van der Waals surface area contributed by atoms with E-state index in [0.29, 0.717) is 0 Å². The van der Waals surface area contributed by atoms with Gasteiger partial charge in [-0.15, -0.1) is 11.3 Å². The molecule has 106 valence electrons. The van der Waals surface area contributed by atoms with Crippen molar-refractivity contribution in [3.05, 3.63) is 16.5 Å². The lowest BCUT2D eigenvalue weighted by Crippen LogP contribution is -2.16. The van der Waals surface area contributed by atoms with E-state index in [9.17, 15) is 18.4 Å². The maximum absolute atomic E-state index is 11.8. The van der Waals surface area contributed by atoms with E-state index in [1.807, 2.05) is 0 Å². The van der Waals surface area contributed by atoms with Gasteiger partial charge in [0.1, 0.15) is 11.6 Å². The summed E-state index contributed by atoms with van der Waals surface area (Å²) in [6.45, 7) is 0.868. The molecule has 1 amide bonds. The quantitative estimate of drug-likeness (QED) is 0.757. The first-order valence-electron chi connectivity index (χ1n) is 5.39. The fraction of sp³-hybridized carbons (Fsp3) is 0.455. The highest BCUT2D eigenvalue weighted by molar-refractivity contribution is 7.16. The molecule has 0 bridgehead atoms. The van der Waals surface area contributed by atoms with Crippen LogP contribution in [0.2, 0.25) is 0 Å². The molecule has 0 unspecified atom stereocenters. The summed E-state index contributed by atoms with van der Waals surface area (Å²) in [4.78, 5) is 23.1. The summed E-state index contributed by atoms with van der Waals surface area (Å²) < 4.78 is 28.1. The number of carbonyl (C=O) groups is 2. The Labute approximate surface area is 112 Å². The summed E-state index contributed by atoms with van der Waals surface area (Å²) in [5.74, 6) is -1.60. The van der Waals surface area contributed by atoms with Gasteiger partial charge < -0.3 is 15.2 Å². The van der Waals surface area contributed by atoms with Crippen molar-refractivity contribution in [2.45, 2.75) is 19.8 Å². The third-order valence-electron chi connectivity index (χ3n) is 2.06. The number of anilines is 1. The minimum Gasteiger partial charge on any atom is -0.478 e. The Morgan fingerprint density at radius 1 is 1.53 bits per heavy atom. The number of thiophene rings is 1. The van der Waals surface area contributed by atoms with Crippen LogP contribution in [0.25, 0.3) is 0 Å². The number of ether oxygens (including phenoxy) is 1. The first-order chi connectivity index (χ1) is 8.90. The minimum atomic E-state index is -2.57. The molecule has 0 saturated carbocycles. The number of aromatic carboxylic acids is 1. The molecule has 0 saturated heterocycles. The Balaban J connectivity index is 2.46. The number of carbonyl (C=O) groups excluding carboxylic acids is 1. The summed E-state index contributed by atoms with van der Waals surface area (Å²) in [6, 6.07) is 1.45. The third kappa shape index (κ3) is 5.31. The highest BCUT2D eigenvalue weighted by Crippen LogP contribution is 2.27. The van der Waals surface area contributed by atoms with Crippen molar-refractivity contribution in [2.24, 2.45) is 0 Å². The van der Waals surface area contributed by atoms with Crippen LogP contribution in [0.3, 0.4) is 0 Å². The molecule has 5 nitrogen and oxygen atoms in total. The number of carboxylic acids is 1. The maximum atomic E-state index is 11.8. The van der Waals surface area contributed by atoms with E-state index in [1.54, 1.807) is 6.92 Å². The lowest BCUT2D eigenvalue weighted by Gasteiger charge is -2.05. The molecule has 19 heavy (non-hydrogen) atoms. The smallest absolute Gasteiger partial charge is 0.338 e. The Kier molecular flexibility index (Phi) is 5.84. The number of carboxylic acid groups (broad SMARTS) is 1. The summed E-state index contributed by atoms with van der Waals surface area (Å²) in [7, 11) is 0. The molecule has 1 rings (SSSR count). The molecule has 0 aliphatic rings. The Morgan fingerprint density at radius 2 is 2.21 bits per heavy atom. The van der Waals surface area contributed by atoms with E-state index in [0.717, 1.165) is 16.2 Å². The second kappa shape index (κ2) is 7.15. The summed E-state index contributed by atoms with van der Waals surface area (Å²) in [6.07, 6.45) is -2.68. The summed E-state index contributed by atoms with van der Waals surface area (Å²) >= 11 is 1.14. The molecule has 0 radical (unpaired) electrons. The fourth-order valence-electron chi connectivity index (χ4n) is 1.29. The number of alkyl halides is 2. The van der Waals surface area contributed by atoms with Crippen LogP contribution < -0.4 is 5.32 Å². The number of aryl methyl sites for hydroxylation is 1. The lowest BCUT2D eigenvalue weighted by atomic mass is 10.3. The van der Waals surface area contributed by atoms with Crippen LogP contribution in [0.15, 0.2) is 6.07 Å². The average molecular weight is 293 g/mol. The number of amides is 1. The number of halogens is 2. The molecule has 0 aliphatic carbocycles. The minimum absolute atomic E-state index is 0.0179. The van der Waals surface area contributed by atoms with Gasteiger partial charge >= 0.3 is 5.97 Å². The van der Waals surface area contributed by atoms with E-state index in [1.165, 1.54) is 6.07 Å². The predicted molar refractivity (Wildman–Crippen MR) is 66.1 cm³/mol. The zero-order valence-electron chi connectivity index (χ0n) is 10.1. The molecule has 0 aromatic carbocycles. The molecule has 0 aliphatic heterocycles. The maximum Gasteiger partial charge on any atom is 0.338 e. The van der Waals surface area contributed by atoms with E-state index in [4.69, 9.17) is 5.11 Å². The highest BCUT2D eigenvalue weighted by atomic mass is 32.1. The van der Waals surface area contributed by atoms with E-state index >= 15 is 0 Å². The molecule has 1 heterocycles. The van der Waals surface area contributed by atoms with Gasteiger partial charge in [0.05, 0.1) is 18.6 Å². The highest BCUT2D eigenvalue weighted by Gasteiger charge is 2.15. The molecular formula is C11H13F2NO4S. The Morgan fingerprint density at radius 3 is 2.79 bits per heavy atom. The van der Waals surface area contributed by atoms with Crippen molar-refractivity contribution in [3.8, 4) is 0 Å². The molecule has 2 N–H and O–H groups in total. The van der Waals surface area contributed by atoms with Crippen molar-refractivity contribution >= 4 is 28.2 Å². The zero-order chi connectivity index (χ0) is 14.4. The van der Waals surface area contributed by atoms with Crippen LogP contribution in [0.4, 0.5) is 13.8 Å². The van der Waals surface area contributed by atoms with Gasteiger partial charge in [-0.25, -0.2) is 13.6 Å². The molecule has 8 heteroatoms. The van der Waals surface area contributed by atoms with Gasteiger partial charge in [-0.2, -0.15) is 0 Å². The van der Waals surface area contributed by atoms with Gasteiger partial charge in [0, 0.05) is 4.88 Å². The van der Waals surface area contributed by atoms with Gasteiger partial charge in [-0.1, -0.05) is 0 Å². The van der Waals surface area contributed by atoms with Crippen LogP contribution in [0.5, 0.6) is 0 Å². The molecule has 0 atom stereocenters. The van der Waals surface area contributed by atoms with Crippen molar-refractivity contribution in [1.29, 1.82) is 0 Å². The number of nitrogens with one attached hydrogen (secondary N) is 1. The van der Waals surface area contributed by atoms with E-state index in [-0.39, 0.29) is 23.6 Å². The zero-order valence-corrected chi connectivity index (χ0v) is 10.9. The second-order valence-corrected chi connectivity index (χ2v) is 4.93. The van der Waals surface area contributed by atoms with Crippen LogP contribution >= 0.6 is 11.3 Å². The topological polar surface area (TPSA) is 75.6 Å². The monoisotopic (exact) mass is 293 g/mol. The second-order valence-electron chi connectivity index (χ2n) is 3.67. The first-order valence-corrected chi connectivity index (χ1v) is 6.21. The van der Waals surface area contributed by atoms with Gasteiger partial charge in [-0.05, 0) is 13.0 Å². The standard InChI is InChI=1S/C11H13F2NO4S/c1-6-4-7(11(16)17)10(19-6)14-9(15)2-3-18-5-8(12)13/h4,8H,2-3,5H2,1H3,(H,14,15)(H,16,17). The molecular weight excluding hydrogens is 280 g/mol. The Hall–Kier alpha value is -1.54. The van der Waals surface area contributed by atoms with Crippen molar-refractivity contribution in [2.75, 3.05) is 18.5 Å². The van der Waals surface area contributed by atoms with E-state index in [2.05, 4.69) is 10.1 Å². The van der Waals surface area contributed by atoms with Crippen LogP contribution in [0, 0.1) is 6.92 Å². The van der Waals surface area contributed by atoms with Gasteiger partial charge in [-0.3, -0.25) is 4.79 Å². The predicted octanol–water partition coefficient (Wildman–Crippen LogP) is 2.37. The van der Waals surface area contributed by atoms with E-state index < -0.39 is 24.9 Å². The largest absolute Gasteiger partial charge is 0.478 e. The third-order valence-corrected chi connectivity index (χ3v) is 3.02. The van der Waals surface area contributed by atoms with Gasteiger partial charge in [0.15, 0.2) is 0 Å². The molecule has 1 aromatic heterocycles. The summed E-state index contributed by atoms with van der Waals surface area (Å²) in [5.41, 5.74) is 0.0179. The summed E-state index contributed by atoms with van der Waals surface area (Å²) in [5, 5.41) is 11.6. The van der Waals surface area contributed by atoms with Crippen LogP contribution in [-0.4, -0.2) is 36.6 Å². The van der Waals surface area contributed by atoms with Gasteiger partial charge in [0.2, 0.25) is 5.91 Å². The Bertz CT molecular complexity index is 462. The van der Waals surface area contributed by atoms with Crippen molar-refractivity contribution < 1.29 is 28.2 Å². The normalized spacial score (nSPS) is 10.7. The molecule has 0 fully saturated rings. The molecule has 0 spiro atoms. The lowest BCUT2D eigenvalue weighted by molar-refractivity contribution is -0.117. The number of hydrogen-bond donors (Lipinski definition) is 2. The van der Waals surface area contributed by atoms with Gasteiger partial charge in [0.25, 0.3) is 6.43 Å². The van der Waals surface area contributed by atoms with Crippen molar-refractivity contribution in [1.82, 2.24) is 0 Å². The van der Waals surface area contributed by atoms with Crippen LogP contribution in [-0.2, 0) is 9.53 Å². The SMILES string of the molecule is Cc1cc(C(=O)O)c(NC(=O)CCOCC(F)F)s1. The van der Waals surface area contributed by atoms with Crippen LogP contribution in [0.1, 0.15) is 21.7 Å². The number of hydrogen-bond acceptors (Lipinski definition) is 4. The molecule has 1 aromatic rings. The average Bonchev–Trinajstić information content (AvgIpc) is 2.65. The fourth-order valence-corrected chi connectivity index (χ4v) is 2.21. The number of rotatable bonds is 7. The van der Waals surface area contributed by atoms with Crippen molar-refractivity contribution in [3.63, 3.8) is 0 Å². The first kappa shape index (κ1) is 15.5.